The Hall–Kier alpha value is -0.120. The Morgan fingerprint density at radius 1 is 1.12 bits per heavy atom. The van der Waals surface area contributed by atoms with Crippen LogP contribution in [0, 0.1) is 0 Å². The Labute approximate surface area is 98.9 Å². The lowest BCUT2D eigenvalue weighted by atomic mass is 9.92. The lowest BCUT2D eigenvalue weighted by Gasteiger charge is -2.33. The molecule has 3 heteroatoms. The molecule has 0 spiro atoms. The van der Waals surface area contributed by atoms with Crippen LogP contribution in [0.4, 0.5) is 0 Å². The van der Waals surface area contributed by atoms with Crippen LogP contribution in [0.15, 0.2) is 0 Å². The molecular formula is C13H25NO2. The van der Waals surface area contributed by atoms with Gasteiger partial charge in [0.05, 0.1) is 12.2 Å². The molecule has 3 nitrogen and oxygen atoms in total. The van der Waals surface area contributed by atoms with Crippen LogP contribution in [0.2, 0.25) is 0 Å². The first-order chi connectivity index (χ1) is 7.90. The normalized spacial score (nSPS) is 36.2. The monoisotopic (exact) mass is 227 g/mol. The number of rotatable bonds is 4. The van der Waals surface area contributed by atoms with Crippen LogP contribution >= 0.6 is 0 Å². The zero-order chi connectivity index (χ0) is 11.2. The molecular weight excluding hydrogens is 202 g/mol. The molecule has 1 saturated heterocycles. The van der Waals surface area contributed by atoms with Crippen molar-refractivity contribution in [2.24, 2.45) is 0 Å². The lowest BCUT2D eigenvalue weighted by Crippen LogP contribution is -2.46. The maximum absolute atomic E-state index is 5.73. The van der Waals surface area contributed by atoms with E-state index in [1.54, 1.807) is 0 Å². The van der Waals surface area contributed by atoms with Gasteiger partial charge in [0.25, 0.3) is 0 Å². The zero-order valence-corrected chi connectivity index (χ0v) is 10.4. The largest absolute Gasteiger partial charge is 0.380 e. The molecule has 3 unspecified atom stereocenters. The highest BCUT2D eigenvalue weighted by Crippen LogP contribution is 2.21. The lowest BCUT2D eigenvalue weighted by molar-refractivity contribution is 0.00188. The molecule has 16 heavy (non-hydrogen) atoms. The van der Waals surface area contributed by atoms with Gasteiger partial charge < -0.3 is 14.8 Å². The number of hydrogen-bond donors (Lipinski definition) is 1. The van der Waals surface area contributed by atoms with E-state index in [2.05, 4.69) is 5.32 Å². The van der Waals surface area contributed by atoms with Gasteiger partial charge in [-0.3, -0.25) is 0 Å². The summed E-state index contributed by atoms with van der Waals surface area (Å²) >= 11 is 0. The van der Waals surface area contributed by atoms with Gasteiger partial charge in [-0.05, 0) is 32.1 Å². The highest BCUT2D eigenvalue weighted by atomic mass is 16.5. The molecule has 0 amide bonds. The van der Waals surface area contributed by atoms with Crippen molar-refractivity contribution >= 4 is 0 Å². The smallest absolute Gasteiger partial charge is 0.0724 e. The fourth-order valence-electron chi connectivity index (χ4n) is 2.86. The Balaban J connectivity index is 1.70. The highest BCUT2D eigenvalue weighted by Gasteiger charge is 2.25. The van der Waals surface area contributed by atoms with Crippen molar-refractivity contribution in [3.05, 3.63) is 0 Å². The Kier molecular flexibility index (Phi) is 5.07. The maximum Gasteiger partial charge on any atom is 0.0724 e. The molecule has 1 heterocycles. The molecule has 0 aromatic heterocycles. The van der Waals surface area contributed by atoms with Crippen molar-refractivity contribution in [1.29, 1.82) is 0 Å². The third-order valence-electron chi connectivity index (χ3n) is 3.89. The summed E-state index contributed by atoms with van der Waals surface area (Å²) in [6.07, 6.45) is 9.75. The molecule has 1 aliphatic carbocycles. The van der Waals surface area contributed by atoms with E-state index in [1.165, 1.54) is 44.9 Å². The predicted octanol–water partition coefficient (Wildman–Crippen LogP) is 2.10. The summed E-state index contributed by atoms with van der Waals surface area (Å²) in [7, 11) is 1.84. The van der Waals surface area contributed by atoms with E-state index in [1.807, 2.05) is 7.11 Å². The molecule has 94 valence electrons. The molecule has 2 fully saturated rings. The van der Waals surface area contributed by atoms with Crippen LogP contribution in [0.1, 0.15) is 44.9 Å². The number of methoxy groups -OCH3 is 1. The van der Waals surface area contributed by atoms with Gasteiger partial charge in [-0.25, -0.2) is 0 Å². The predicted molar refractivity (Wildman–Crippen MR) is 64.6 cm³/mol. The summed E-state index contributed by atoms with van der Waals surface area (Å²) in [4.78, 5) is 0. The van der Waals surface area contributed by atoms with Crippen LogP contribution in [0.25, 0.3) is 0 Å². The van der Waals surface area contributed by atoms with E-state index in [0.717, 1.165) is 13.2 Å². The molecule has 0 aromatic carbocycles. The highest BCUT2D eigenvalue weighted by molar-refractivity contribution is 4.82. The minimum atomic E-state index is 0.414. The van der Waals surface area contributed by atoms with Crippen molar-refractivity contribution in [3.8, 4) is 0 Å². The second kappa shape index (κ2) is 6.58. The van der Waals surface area contributed by atoms with Gasteiger partial charge >= 0.3 is 0 Å². The van der Waals surface area contributed by atoms with Crippen LogP contribution in [0.3, 0.4) is 0 Å². The molecule has 1 aliphatic heterocycles. The van der Waals surface area contributed by atoms with Gasteiger partial charge in [-0.15, -0.1) is 0 Å². The second-order valence-electron chi connectivity index (χ2n) is 5.06. The minimum absolute atomic E-state index is 0.414. The molecule has 1 N–H and O–H groups in total. The van der Waals surface area contributed by atoms with Crippen molar-refractivity contribution in [2.45, 2.75) is 63.2 Å². The average Bonchev–Trinajstić information content (AvgIpc) is 2.38. The van der Waals surface area contributed by atoms with Crippen LogP contribution in [0.5, 0.6) is 0 Å². The fourth-order valence-corrected chi connectivity index (χ4v) is 2.86. The van der Waals surface area contributed by atoms with Crippen LogP contribution in [-0.4, -0.2) is 38.5 Å². The van der Waals surface area contributed by atoms with Crippen molar-refractivity contribution in [1.82, 2.24) is 5.32 Å². The fraction of sp³-hybridized carbons (Fsp3) is 1.00. The Bertz CT molecular complexity index is 192. The van der Waals surface area contributed by atoms with Crippen molar-refractivity contribution in [2.75, 3.05) is 20.3 Å². The molecule has 0 aromatic rings. The molecule has 0 radical (unpaired) electrons. The second-order valence-corrected chi connectivity index (χ2v) is 5.06. The first-order valence-corrected chi connectivity index (χ1v) is 6.78. The molecule has 3 atom stereocenters. The quantitative estimate of drug-likeness (QED) is 0.798. The summed E-state index contributed by atoms with van der Waals surface area (Å²) in [5.74, 6) is 0. The van der Waals surface area contributed by atoms with Gasteiger partial charge in [-0.2, -0.15) is 0 Å². The third kappa shape index (κ3) is 3.44. The van der Waals surface area contributed by atoms with E-state index in [0.29, 0.717) is 18.2 Å². The van der Waals surface area contributed by atoms with E-state index in [4.69, 9.17) is 9.47 Å². The van der Waals surface area contributed by atoms with Gasteiger partial charge in [0, 0.05) is 26.3 Å². The van der Waals surface area contributed by atoms with E-state index < -0.39 is 0 Å². The summed E-state index contributed by atoms with van der Waals surface area (Å²) in [5, 5.41) is 3.64. The minimum Gasteiger partial charge on any atom is -0.380 e. The van der Waals surface area contributed by atoms with Crippen LogP contribution in [-0.2, 0) is 9.47 Å². The van der Waals surface area contributed by atoms with Gasteiger partial charge in [0.2, 0.25) is 0 Å². The molecule has 1 saturated carbocycles. The molecule has 0 bridgehead atoms. The standard InChI is InChI=1S/C13H25NO2/c1-15-13-8-3-2-7-12(13)14-10-11-6-4-5-9-16-11/h11-14H,2-10H2,1H3. The van der Waals surface area contributed by atoms with Gasteiger partial charge in [-0.1, -0.05) is 12.8 Å². The average molecular weight is 227 g/mol. The number of nitrogens with one attached hydrogen (secondary N) is 1. The number of hydrogen-bond acceptors (Lipinski definition) is 3. The maximum atomic E-state index is 5.73. The molecule has 2 aliphatic rings. The Morgan fingerprint density at radius 2 is 1.94 bits per heavy atom. The van der Waals surface area contributed by atoms with E-state index >= 15 is 0 Å². The first-order valence-electron chi connectivity index (χ1n) is 6.78. The topological polar surface area (TPSA) is 30.5 Å². The summed E-state index contributed by atoms with van der Waals surface area (Å²) < 4.78 is 11.3. The summed E-state index contributed by atoms with van der Waals surface area (Å²) in [5.41, 5.74) is 0. The van der Waals surface area contributed by atoms with Crippen molar-refractivity contribution < 1.29 is 9.47 Å². The van der Waals surface area contributed by atoms with Gasteiger partial charge in [0.1, 0.15) is 0 Å². The van der Waals surface area contributed by atoms with Crippen LogP contribution < -0.4 is 5.32 Å². The third-order valence-corrected chi connectivity index (χ3v) is 3.89. The summed E-state index contributed by atoms with van der Waals surface area (Å²) in [6.45, 7) is 1.95. The number of ether oxygens (including phenoxy) is 2. The first kappa shape index (κ1) is 12.3. The van der Waals surface area contributed by atoms with E-state index in [-0.39, 0.29) is 0 Å². The Morgan fingerprint density at radius 3 is 2.69 bits per heavy atom. The zero-order valence-electron chi connectivity index (χ0n) is 10.4. The SMILES string of the molecule is COC1CCCCC1NCC1CCCCO1. The molecule has 2 rings (SSSR count). The summed E-state index contributed by atoms with van der Waals surface area (Å²) in [6, 6.07) is 0.546. The van der Waals surface area contributed by atoms with Gasteiger partial charge in [0.15, 0.2) is 0 Å². The van der Waals surface area contributed by atoms with E-state index in [9.17, 15) is 0 Å². The van der Waals surface area contributed by atoms with Crippen molar-refractivity contribution in [3.63, 3.8) is 0 Å².